The first-order valence-corrected chi connectivity index (χ1v) is 7.11. The summed E-state index contributed by atoms with van der Waals surface area (Å²) in [5, 5.41) is 0. The molecule has 0 aliphatic carbocycles. The van der Waals surface area contributed by atoms with Crippen LogP contribution in [0, 0.1) is 0 Å². The number of hydrogen-bond donors (Lipinski definition) is 0. The zero-order chi connectivity index (χ0) is 15.6. The maximum Gasteiger partial charge on any atom is 0.332 e. The molecule has 0 amide bonds. The Morgan fingerprint density at radius 3 is 2.67 bits per heavy atom. The molecule has 0 N–H and O–H groups in total. The Morgan fingerprint density at radius 2 is 2.00 bits per heavy atom. The molecule has 2 aromatic rings. The van der Waals surface area contributed by atoms with E-state index in [0.717, 1.165) is 19.3 Å². The van der Waals surface area contributed by atoms with Gasteiger partial charge in [0, 0.05) is 27.7 Å². The van der Waals surface area contributed by atoms with Gasteiger partial charge in [0.05, 0.1) is 12.4 Å². The lowest BCUT2D eigenvalue weighted by molar-refractivity contribution is 0.108. The van der Waals surface area contributed by atoms with Crippen molar-refractivity contribution in [3.05, 3.63) is 27.2 Å². The lowest BCUT2D eigenvalue weighted by Gasteiger charge is -2.10. The molecule has 2 aromatic heterocycles. The van der Waals surface area contributed by atoms with Crippen LogP contribution in [0.5, 0.6) is 0 Å². The lowest BCUT2D eigenvalue weighted by atomic mass is 10.2. The molecule has 2 heterocycles. The van der Waals surface area contributed by atoms with Gasteiger partial charge in [0.15, 0.2) is 11.2 Å². The van der Waals surface area contributed by atoms with E-state index in [4.69, 9.17) is 4.74 Å². The third-order valence-electron chi connectivity index (χ3n) is 3.85. The summed E-state index contributed by atoms with van der Waals surface area (Å²) in [6.45, 7) is 2.43. The average Bonchev–Trinajstić information content (AvgIpc) is 2.86. The number of aromatic nitrogens is 4. The molecule has 116 valence electrons. The molecule has 0 aliphatic rings. The predicted molar refractivity (Wildman–Crippen MR) is 80.5 cm³/mol. The summed E-state index contributed by atoms with van der Waals surface area (Å²) < 4.78 is 9.56. The molecule has 1 unspecified atom stereocenters. The summed E-state index contributed by atoms with van der Waals surface area (Å²) in [4.78, 5) is 28.8. The van der Waals surface area contributed by atoms with E-state index in [1.54, 1.807) is 32.1 Å². The number of ether oxygens (including phenoxy) is 1. The van der Waals surface area contributed by atoms with Crippen molar-refractivity contribution >= 4 is 11.2 Å². The highest BCUT2D eigenvalue weighted by Crippen LogP contribution is 2.06. The third-order valence-corrected chi connectivity index (χ3v) is 3.85. The monoisotopic (exact) mass is 294 g/mol. The Bertz CT molecular complexity index is 741. The molecular formula is C14H22N4O3. The van der Waals surface area contributed by atoms with Gasteiger partial charge in [-0.1, -0.05) is 0 Å². The fraction of sp³-hybridized carbons (Fsp3) is 0.643. The highest BCUT2D eigenvalue weighted by molar-refractivity contribution is 5.69. The van der Waals surface area contributed by atoms with E-state index in [0.29, 0.717) is 17.7 Å². The number of nitrogens with zero attached hydrogens (tertiary/aromatic N) is 4. The van der Waals surface area contributed by atoms with Gasteiger partial charge in [-0.05, 0) is 26.2 Å². The van der Waals surface area contributed by atoms with Gasteiger partial charge in [0.1, 0.15) is 0 Å². The minimum Gasteiger partial charge on any atom is -0.382 e. The van der Waals surface area contributed by atoms with Gasteiger partial charge >= 0.3 is 5.69 Å². The number of rotatable bonds is 6. The number of aryl methyl sites for hydroxylation is 2. The Morgan fingerprint density at radius 1 is 1.29 bits per heavy atom. The van der Waals surface area contributed by atoms with E-state index in [1.165, 1.54) is 9.13 Å². The van der Waals surface area contributed by atoms with E-state index in [2.05, 4.69) is 4.98 Å². The zero-order valence-electron chi connectivity index (χ0n) is 13.0. The van der Waals surface area contributed by atoms with Crippen molar-refractivity contribution < 1.29 is 4.74 Å². The summed E-state index contributed by atoms with van der Waals surface area (Å²) in [7, 11) is 5.08. The second-order valence-corrected chi connectivity index (χ2v) is 5.37. The van der Waals surface area contributed by atoms with Crippen molar-refractivity contribution in [1.82, 2.24) is 18.7 Å². The van der Waals surface area contributed by atoms with Crippen molar-refractivity contribution in [3.63, 3.8) is 0 Å². The molecule has 0 fully saturated rings. The molecule has 0 bridgehead atoms. The van der Waals surface area contributed by atoms with Crippen LogP contribution in [0.4, 0.5) is 0 Å². The molecule has 1 atom stereocenters. The molecule has 7 nitrogen and oxygen atoms in total. The van der Waals surface area contributed by atoms with Crippen LogP contribution in [0.15, 0.2) is 15.9 Å². The van der Waals surface area contributed by atoms with Gasteiger partial charge in [-0.2, -0.15) is 0 Å². The maximum atomic E-state index is 12.4. The van der Waals surface area contributed by atoms with Crippen molar-refractivity contribution in [2.24, 2.45) is 14.1 Å². The molecule has 21 heavy (non-hydrogen) atoms. The predicted octanol–water partition coefficient (Wildman–Crippen LogP) is 0.639. The smallest absolute Gasteiger partial charge is 0.332 e. The standard InChI is InChI=1S/C14H22N4O3/c1-10(21-4)7-5-6-8-18-13(19)11-12(15-9-16(11)2)17(3)14(18)20/h9-10H,5-8H2,1-4H3. The molecule has 0 aromatic carbocycles. The Hall–Kier alpha value is -1.89. The first-order valence-electron chi connectivity index (χ1n) is 7.11. The van der Waals surface area contributed by atoms with E-state index in [9.17, 15) is 9.59 Å². The maximum absolute atomic E-state index is 12.4. The van der Waals surface area contributed by atoms with Crippen LogP contribution in [0.1, 0.15) is 26.2 Å². The first kappa shape index (κ1) is 15.5. The fourth-order valence-corrected chi connectivity index (χ4v) is 2.41. The first-order chi connectivity index (χ1) is 9.97. The van der Waals surface area contributed by atoms with Crippen LogP contribution >= 0.6 is 0 Å². The second kappa shape index (κ2) is 6.26. The molecular weight excluding hydrogens is 272 g/mol. The number of fused-ring (bicyclic) bond motifs is 1. The quantitative estimate of drug-likeness (QED) is 0.733. The largest absolute Gasteiger partial charge is 0.382 e. The average molecular weight is 294 g/mol. The molecule has 0 spiro atoms. The highest BCUT2D eigenvalue weighted by atomic mass is 16.5. The van der Waals surface area contributed by atoms with Gasteiger partial charge in [0.25, 0.3) is 5.56 Å². The van der Waals surface area contributed by atoms with Crippen LogP contribution in [0.2, 0.25) is 0 Å². The molecule has 0 saturated carbocycles. The Kier molecular flexibility index (Phi) is 4.62. The van der Waals surface area contributed by atoms with Gasteiger partial charge in [0.2, 0.25) is 0 Å². The topological polar surface area (TPSA) is 71.1 Å². The summed E-state index contributed by atoms with van der Waals surface area (Å²) in [5.41, 5.74) is 0.304. The molecule has 7 heteroatoms. The summed E-state index contributed by atoms with van der Waals surface area (Å²) in [6.07, 6.45) is 4.35. The van der Waals surface area contributed by atoms with E-state index in [1.807, 2.05) is 6.92 Å². The third kappa shape index (κ3) is 2.92. The van der Waals surface area contributed by atoms with Crippen LogP contribution in [-0.2, 0) is 25.4 Å². The normalized spacial score (nSPS) is 13.0. The summed E-state index contributed by atoms with van der Waals surface area (Å²) in [5.74, 6) is 0. The lowest BCUT2D eigenvalue weighted by Crippen LogP contribution is -2.39. The van der Waals surface area contributed by atoms with Gasteiger partial charge in [-0.15, -0.1) is 0 Å². The van der Waals surface area contributed by atoms with Crippen LogP contribution < -0.4 is 11.2 Å². The van der Waals surface area contributed by atoms with Crippen molar-refractivity contribution in [2.75, 3.05) is 7.11 Å². The van der Waals surface area contributed by atoms with Gasteiger partial charge in [-0.25, -0.2) is 9.78 Å². The molecule has 0 saturated heterocycles. The van der Waals surface area contributed by atoms with Crippen LogP contribution in [0.25, 0.3) is 11.2 Å². The van der Waals surface area contributed by atoms with Crippen molar-refractivity contribution in [1.29, 1.82) is 0 Å². The molecule has 0 aliphatic heterocycles. The van der Waals surface area contributed by atoms with E-state index >= 15 is 0 Å². The minimum atomic E-state index is -0.314. The minimum absolute atomic E-state index is 0.198. The number of methoxy groups -OCH3 is 1. The van der Waals surface area contributed by atoms with Crippen LogP contribution in [0.3, 0.4) is 0 Å². The number of imidazole rings is 1. The zero-order valence-corrected chi connectivity index (χ0v) is 13.0. The highest BCUT2D eigenvalue weighted by Gasteiger charge is 2.14. The van der Waals surface area contributed by atoms with Crippen molar-refractivity contribution in [2.45, 2.75) is 38.8 Å². The van der Waals surface area contributed by atoms with Crippen molar-refractivity contribution in [3.8, 4) is 0 Å². The Balaban J connectivity index is 2.26. The second-order valence-electron chi connectivity index (χ2n) is 5.37. The molecule has 2 rings (SSSR count). The number of hydrogen-bond acceptors (Lipinski definition) is 4. The fourth-order valence-electron chi connectivity index (χ4n) is 2.41. The van der Waals surface area contributed by atoms with Gasteiger partial charge < -0.3 is 9.30 Å². The van der Waals surface area contributed by atoms with Gasteiger partial charge in [-0.3, -0.25) is 13.9 Å². The van der Waals surface area contributed by atoms with E-state index in [-0.39, 0.29) is 17.4 Å². The summed E-state index contributed by atoms with van der Waals surface area (Å²) >= 11 is 0. The molecule has 0 radical (unpaired) electrons. The summed E-state index contributed by atoms with van der Waals surface area (Å²) in [6, 6.07) is 0. The van der Waals surface area contributed by atoms with Crippen LogP contribution in [-0.4, -0.2) is 31.9 Å². The van der Waals surface area contributed by atoms with E-state index < -0.39 is 0 Å². The number of unbranched alkanes of at least 4 members (excludes halogenated alkanes) is 1. The Labute approximate surface area is 122 Å². The SMILES string of the molecule is COC(C)CCCCn1c(=O)c2c(ncn2C)n(C)c1=O.